The standard InChI is InChI=1S/C21H28N4O/c1-15-2-3-16-14-17(4-9-20(16)23-15)21(26)24-18-5-7-19(8-6-18)25-12-10-22-11-13-25/h2-4,9,14,18-19,22H,5-8,10-13H2,1H3,(H,24,26). The second-order valence-corrected chi connectivity index (χ2v) is 7.62. The summed E-state index contributed by atoms with van der Waals surface area (Å²) in [6.45, 7) is 6.51. The van der Waals surface area contributed by atoms with Crippen LogP contribution in [0.5, 0.6) is 0 Å². The van der Waals surface area contributed by atoms with Gasteiger partial charge in [0.1, 0.15) is 0 Å². The number of rotatable bonds is 3. The molecule has 0 unspecified atom stereocenters. The molecule has 2 N–H and O–H groups in total. The van der Waals surface area contributed by atoms with Crippen molar-refractivity contribution >= 4 is 16.8 Å². The van der Waals surface area contributed by atoms with Crippen molar-refractivity contribution in [3.05, 3.63) is 41.6 Å². The smallest absolute Gasteiger partial charge is 0.251 e. The van der Waals surface area contributed by atoms with Crippen molar-refractivity contribution in [2.45, 2.75) is 44.7 Å². The van der Waals surface area contributed by atoms with Gasteiger partial charge in [-0.1, -0.05) is 6.07 Å². The van der Waals surface area contributed by atoms with Crippen LogP contribution in [0.3, 0.4) is 0 Å². The largest absolute Gasteiger partial charge is 0.349 e. The quantitative estimate of drug-likeness (QED) is 0.891. The molecule has 1 amide bonds. The predicted molar refractivity (Wildman–Crippen MR) is 104 cm³/mol. The first-order valence-electron chi connectivity index (χ1n) is 9.82. The van der Waals surface area contributed by atoms with Crippen LogP contribution in [-0.4, -0.2) is 54.1 Å². The van der Waals surface area contributed by atoms with Crippen LogP contribution < -0.4 is 10.6 Å². The molecule has 4 rings (SSSR count). The number of hydrogen-bond acceptors (Lipinski definition) is 4. The third kappa shape index (κ3) is 3.89. The average Bonchev–Trinajstić information content (AvgIpc) is 2.69. The molecule has 0 spiro atoms. The highest BCUT2D eigenvalue weighted by Crippen LogP contribution is 2.24. The minimum absolute atomic E-state index is 0.0399. The van der Waals surface area contributed by atoms with E-state index in [0.717, 1.165) is 61.2 Å². The summed E-state index contributed by atoms with van der Waals surface area (Å²) in [7, 11) is 0. The molecule has 138 valence electrons. The molecule has 5 heteroatoms. The molecule has 1 aliphatic carbocycles. The van der Waals surface area contributed by atoms with E-state index >= 15 is 0 Å². The van der Waals surface area contributed by atoms with Gasteiger partial charge in [0.05, 0.1) is 5.52 Å². The number of fused-ring (bicyclic) bond motifs is 1. The van der Waals surface area contributed by atoms with Gasteiger partial charge in [0, 0.05) is 54.9 Å². The highest BCUT2D eigenvalue weighted by molar-refractivity contribution is 5.98. The predicted octanol–water partition coefficient (Wildman–Crippen LogP) is 2.49. The molecule has 2 aliphatic rings. The lowest BCUT2D eigenvalue weighted by Crippen LogP contribution is -2.50. The minimum Gasteiger partial charge on any atom is -0.349 e. The van der Waals surface area contributed by atoms with Crippen molar-refractivity contribution in [1.82, 2.24) is 20.5 Å². The Morgan fingerprint density at radius 2 is 1.88 bits per heavy atom. The Kier molecular flexibility index (Phi) is 5.18. The zero-order valence-corrected chi connectivity index (χ0v) is 15.5. The first-order valence-corrected chi connectivity index (χ1v) is 9.82. The number of carbonyl (C=O) groups is 1. The molecular weight excluding hydrogens is 324 g/mol. The first kappa shape index (κ1) is 17.4. The average molecular weight is 352 g/mol. The number of nitrogens with one attached hydrogen (secondary N) is 2. The van der Waals surface area contributed by atoms with Crippen LogP contribution in [0, 0.1) is 6.92 Å². The first-order chi connectivity index (χ1) is 12.7. The SMILES string of the molecule is Cc1ccc2cc(C(=O)NC3CCC(N4CCNCC4)CC3)ccc2n1. The molecule has 1 aromatic heterocycles. The van der Waals surface area contributed by atoms with Gasteiger partial charge in [-0.15, -0.1) is 0 Å². The molecule has 0 radical (unpaired) electrons. The van der Waals surface area contributed by atoms with Crippen LogP contribution >= 0.6 is 0 Å². The van der Waals surface area contributed by atoms with Crippen molar-refractivity contribution in [3.63, 3.8) is 0 Å². The topological polar surface area (TPSA) is 57.3 Å². The van der Waals surface area contributed by atoms with Gasteiger partial charge in [-0.25, -0.2) is 0 Å². The monoisotopic (exact) mass is 352 g/mol. The number of aryl methyl sites for hydroxylation is 1. The lowest BCUT2D eigenvalue weighted by molar-refractivity contribution is 0.0894. The number of aromatic nitrogens is 1. The molecule has 2 heterocycles. The summed E-state index contributed by atoms with van der Waals surface area (Å²) in [6, 6.07) is 10.8. The van der Waals surface area contributed by atoms with Crippen LogP contribution in [0.15, 0.2) is 30.3 Å². The summed E-state index contributed by atoms with van der Waals surface area (Å²) in [4.78, 5) is 19.8. The van der Waals surface area contributed by atoms with E-state index in [0.29, 0.717) is 12.1 Å². The molecule has 2 aromatic rings. The summed E-state index contributed by atoms with van der Waals surface area (Å²) in [5.41, 5.74) is 2.67. The van der Waals surface area contributed by atoms with Crippen LogP contribution in [0.2, 0.25) is 0 Å². The molecule has 1 saturated heterocycles. The normalized spacial score (nSPS) is 24.5. The number of benzene rings is 1. The maximum Gasteiger partial charge on any atom is 0.251 e. The van der Waals surface area contributed by atoms with Crippen molar-refractivity contribution in [1.29, 1.82) is 0 Å². The fourth-order valence-corrected chi connectivity index (χ4v) is 4.27. The Hall–Kier alpha value is -1.98. The maximum absolute atomic E-state index is 12.7. The van der Waals surface area contributed by atoms with Crippen LogP contribution in [0.1, 0.15) is 41.7 Å². The lowest BCUT2D eigenvalue weighted by Gasteiger charge is -2.39. The zero-order valence-electron chi connectivity index (χ0n) is 15.5. The van der Waals surface area contributed by atoms with E-state index in [-0.39, 0.29) is 5.91 Å². The number of hydrogen-bond donors (Lipinski definition) is 2. The molecule has 2 fully saturated rings. The van der Waals surface area contributed by atoms with Gasteiger partial charge in [-0.2, -0.15) is 0 Å². The van der Waals surface area contributed by atoms with Gasteiger partial charge < -0.3 is 10.6 Å². The third-order valence-electron chi connectivity index (χ3n) is 5.79. The van der Waals surface area contributed by atoms with Gasteiger partial charge in [0.2, 0.25) is 0 Å². The van der Waals surface area contributed by atoms with Gasteiger partial charge >= 0.3 is 0 Å². The Bertz CT molecular complexity index is 777. The van der Waals surface area contributed by atoms with E-state index in [4.69, 9.17) is 0 Å². The number of nitrogens with zero attached hydrogens (tertiary/aromatic N) is 2. The molecule has 0 bridgehead atoms. The van der Waals surface area contributed by atoms with Crippen LogP contribution in [0.4, 0.5) is 0 Å². The van der Waals surface area contributed by atoms with Gasteiger partial charge in [0.15, 0.2) is 0 Å². The van der Waals surface area contributed by atoms with E-state index in [2.05, 4.69) is 20.5 Å². The van der Waals surface area contributed by atoms with Crippen molar-refractivity contribution < 1.29 is 4.79 Å². The van der Waals surface area contributed by atoms with E-state index in [9.17, 15) is 4.79 Å². The van der Waals surface area contributed by atoms with Gasteiger partial charge in [0.25, 0.3) is 5.91 Å². The second kappa shape index (κ2) is 7.72. The molecule has 1 aliphatic heterocycles. The summed E-state index contributed by atoms with van der Waals surface area (Å²) >= 11 is 0. The minimum atomic E-state index is 0.0399. The number of pyridine rings is 1. The zero-order chi connectivity index (χ0) is 17.9. The second-order valence-electron chi connectivity index (χ2n) is 7.62. The molecule has 0 atom stereocenters. The Balaban J connectivity index is 1.34. The summed E-state index contributed by atoms with van der Waals surface area (Å²) in [6.07, 6.45) is 4.53. The Morgan fingerprint density at radius 1 is 1.12 bits per heavy atom. The van der Waals surface area contributed by atoms with E-state index in [1.54, 1.807) is 0 Å². The van der Waals surface area contributed by atoms with Crippen LogP contribution in [-0.2, 0) is 0 Å². The number of piperazine rings is 1. The fraction of sp³-hybridized carbons (Fsp3) is 0.524. The van der Waals surface area contributed by atoms with Gasteiger partial charge in [-0.05, 0) is 56.9 Å². The fourth-order valence-electron chi connectivity index (χ4n) is 4.27. The summed E-state index contributed by atoms with van der Waals surface area (Å²) in [5.74, 6) is 0.0399. The molecule has 1 aromatic carbocycles. The third-order valence-corrected chi connectivity index (χ3v) is 5.79. The number of carbonyl (C=O) groups excluding carboxylic acids is 1. The molecule has 5 nitrogen and oxygen atoms in total. The summed E-state index contributed by atoms with van der Waals surface area (Å²) < 4.78 is 0. The van der Waals surface area contributed by atoms with Crippen LogP contribution in [0.25, 0.3) is 10.9 Å². The Labute approximate surface area is 155 Å². The highest BCUT2D eigenvalue weighted by atomic mass is 16.1. The van der Waals surface area contributed by atoms with E-state index < -0.39 is 0 Å². The summed E-state index contributed by atoms with van der Waals surface area (Å²) in [5, 5.41) is 7.68. The highest BCUT2D eigenvalue weighted by Gasteiger charge is 2.27. The van der Waals surface area contributed by atoms with Crippen molar-refractivity contribution in [2.24, 2.45) is 0 Å². The number of amides is 1. The van der Waals surface area contributed by atoms with Crippen molar-refractivity contribution in [2.75, 3.05) is 26.2 Å². The maximum atomic E-state index is 12.7. The lowest BCUT2D eigenvalue weighted by atomic mass is 9.89. The van der Waals surface area contributed by atoms with Crippen molar-refractivity contribution in [3.8, 4) is 0 Å². The van der Waals surface area contributed by atoms with E-state index in [1.807, 2.05) is 37.3 Å². The Morgan fingerprint density at radius 3 is 2.65 bits per heavy atom. The van der Waals surface area contributed by atoms with E-state index in [1.165, 1.54) is 12.8 Å². The molecular formula is C21H28N4O. The van der Waals surface area contributed by atoms with Gasteiger partial charge in [-0.3, -0.25) is 14.7 Å². The molecule has 1 saturated carbocycles. The molecule has 26 heavy (non-hydrogen) atoms.